The van der Waals surface area contributed by atoms with Crippen LogP contribution in [0.15, 0.2) is 18.2 Å². The van der Waals surface area contributed by atoms with Gasteiger partial charge in [-0.2, -0.15) is 0 Å². The van der Waals surface area contributed by atoms with Crippen LogP contribution in [-0.2, 0) is 0 Å². The molecule has 18 heavy (non-hydrogen) atoms. The van der Waals surface area contributed by atoms with Gasteiger partial charge in [0.2, 0.25) is 0 Å². The van der Waals surface area contributed by atoms with Crippen LogP contribution in [0.25, 0.3) is 10.2 Å². The van der Waals surface area contributed by atoms with Crippen molar-refractivity contribution in [1.29, 1.82) is 0 Å². The van der Waals surface area contributed by atoms with E-state index in [2.05, 4.69) is 17.2 Å². The van der Waals surface area contributed by atoms with E-state index in [-0.39, 0.29) is 5.82 Å². The first-order valence-electron chi connectivity index (χ1n) is 6.55. The summed E-state index contributed by atoms with van der Waals surface area (Å²) in [6.45, 7) is 2.22. The zero-order valence-electron chi connectivity index (χ0n) is 10.4. The minimum Gasteiger partial charge on any atom is -0.359 e. The lowest BCUT2D eigenvalue weighted by Gasteiger charge is -2.19. The number of halogens is 1. The fraction of sp³-hybridized carbons (Fsp3) is 0.500. The van der Waals surface area contributed by atoms with E-state index < -0.39 is 0 Å². The van der Waals surface area contributed by atoms with Gasteiger partial charge in [0, 0.05) is 6.04 Å². The van der Waals surface area contributed by atoms with E-state index in [4.69, 9.17) is 0 Å². The quantitative estimate of drug-likeness (QED) is 0.887. The van der Waals surface area contributed by atoms with Gasteiger partial charge in [-0.05, 0) is 43.9 Å². The average molecular weight is 264 g/mol. The summed E-state index contributed by atoms with van der Waals surface area (Å²) in [5.41, 5.74) is 0.877. The van der Waals surface area contributed by atoms with Crippen LogP contribution in [-0.4, -0.2) is 11.0 Å². The third-order valence-electron chi connectivity index (χ3n) is 3.81. The first-order valence-corrected chi connectivity index (χ1v) is 7.36. The first kappa shape index (κ1) is 11.9. The molecule has 0 bridgehead atoms. The number of aromatic nitrogens is 1. The number of benzene rings is 1. The summed E-state index contributed by atoms with van der Waals surface area (Å²) in [5.74, 6) is 0.565. The van der Waals surface area contributed by atoms with E-state index in [1.165, 1.54) is 43.1 Å². The van der Waals surface area contributed by atoms with E-state index in [0.717, 1.165) is 21.3 Å². The predicted octanol–water partition coefficient (Wildman–Crippen LogP) is 4.43. The van der Waals surface area contributed by atoms with E-state index in [9.17, 15) is 4.39 Å². The van der Waals surface area contributed by atoms with Crippen molar-refractivity contribution >= 4 is 26.7 Å². The molecule has 1 aromatic carbocycles. The molecule has 0 aliphatic heterocycles. The summed E-state index contributed by atoms with van der Waals surface area (Å²) in [7, 11) is 0. The predicted molar refractivity (Wildman–Crippen MR) is 74.6 cm³/mol. The number of nitrogens with one attached hydrogen (secondary N) is 1. The zero-order valence-corrected chi connectivity index (χ0v) is 11.3. The normalized spacial score (nSPS) is 18.3. The minimum absolute atomic E-state index is 0.193. The fourth-order valence-electron chi connectivity index (χ4n) is 2.73. The van der Waals surface area contributed by atoms with Crippen LogP contribution in [0, 0.1) is 11.7 Å². The smallest absolute Gasteiger partial charge is 0.184 e. The van der Waals surface area contributed by atoms with E-state index in [1.807, 2.05) is 0 Å². The van der Waals surface area contributed by atoms with Gasteiger partial charge < -0.3 is 5.32 Å². The summed E-state index contributed by atoms with van der Waals surface area (Å²) >= 11 is 1.54. The second-order valence-corrected chi connectivity index (χ2v) is 6.14. The SMILES string of the molecule is CC(Nc1nc2ccc(F)cc2s1)C1CCCC1. The summed E-state index contributed by atoms with van der Waals surface area (Å²) in [5, 5.41) is 4.39. The summed E-state index contributed by atoms with van der Waals surface area (Å²) in [6, 6.07) is 5.22. The number of hydrogen-bond acceptors (Lipinski definition) is 3. The van der Waals surface area contributed by atoms with Crippen molar-refractivity contribution in [3.63, 3.8) is 0 Å². The Morgan fingerprint density at radius 1 is 1.39 bits per heavy atom. The fourth-order valence-corrected chi connectivity index (χ4v) is 3.72. The van der Waals surface area contributed by atoms with Crippen molar-refractivity contribution in [2.75, 3.05) is 5.32 Å². The summed E-state index contributed by atoms with van der Waals surface area (Å²) in [6.07, 6.45) is 5.32. The van der Waals surface area contributed by atoms with Crippen LogP contribution < -0.4 is 5.32 Å². The maximum Gasteiger partial charge on any atom is 0.184 e. The molecule has 4 heteroatoms. The number of nitrogens with zero attached hydrogens (tertiary/aromatic N) is 1. The molecular formula is C14H17FN2S. The Morgan fingerprint density at radius 3 is 2.94 bits per heavy atom. The van der Waals surface area contributed by atoms with Crippen LogP contribution in [0.4, 0.5) is 9.52 Å². The van der Waals surface area contributed by atoms with Crippen LogP contribution in [0.5, 0.6) is 0 Å². The highest BCUT2D eigenvalue weighted by atomic mass is 32.1. The maximum absolute atomic E-state index is 13.1. The van der Waals surface area contributed by atoms with E-state index >= 15 is 0 Å². The Kier molecular flexibility index (Phi) is 3.20. The van der Waals surface area contributed by atoms with Crippen molar-refractivity contribution in [3.8, 4) is 0 Å². The highest BCUT2D eigenvalue weighted by molar-refractivity contribution is 7.22. The van der Waals surface area contributed by atoms with Crippen molar-refractivity contribution in [2.45, 2.75) is 38.6 Å². The molecule has 0 radical (unpaired) electrons. The number of rotatable bonds is 3. The molecular weight excluding hydrogens is 247 g/mol. The van der Waals surface area contributed by atoms with Crippen molar-refractivity contribution in [1.82, 2.24) is 4.98 Å². The number of fused-ring (bicyclic) bond motifs is 1. The number of hydrogen-bond donors (Lipinski definition) is 1. The molecule has 1 heterocycles. The van der Waals surface area contributed by atoms with Gasteiger partial charge in [0.15, 0.2) is 5.13 Å². The molecule has 2 aromatic rings. The number of anilines is 1. The lowest BCUT2D eigenvalue weighted by molar-refractivity contribution is 0.482. The van der Waals surface area contributed by atoms with Crippen LogP contribution in [0.2, 0.25) is 0 Å². The number of thiazole rings is 1. The van der Waals surface area contributed by atoms with Gasteiger partial charge in [-0.15, -0.1) is 0 Å². The second-order valence-electron chi connectivity index (χ2n) is 5.11. The largest absolute Gasteiger partial charge is 0.359 e. The van der Waals surface area contributed by atoms with Gasteiger partial charge in [-0.1, -0.05) is 24.2 Å². The molecule has 1 aliphatic rings. The molecule has 0 saturated heterocycles. The van der Waals surface area contributed by atoms with Gasteiger partial charge in [0.25, 0.3) is 0 Å². The molecule has 1 N–H and O–H groups in total. The topological polar surface area (TPSA) is 24.9 Å². The lowest BCUT2D eigenvalue weighted by atomic mass is 10.0. The average Bonchev–Trinajstić information content (AvgIpc) is 2.95. The Bertz CT molecular complexity index is 546. The Balaban J connectivity index is 1.77. The zero-order chi connectivity index (χ0) is 12.5. The van der Waals surface area contributed by atoms with Crippen molar-refractivity contribution < 1.29 is 4.39 Å². The summed E-state index contributed by atoms with van der Waals surface area (Å²) in [4.78, 5) is 4.51. The van der Waals surface area contributed by atoms with Crippen molar-refractivity contribution in [3.05, 3.63) is 24.0 Å². The molecule has 96 valence electrons. The molecule has 1 saturated carbocycles. The van der Waals surface area contributed by atoms with Gasteiger partial charge in [-0.25, -0.2) is 9.37 Å². The first-order chi connectivity index (χ1) is 8.72. The molecule has 1 aromatic heterocycles. The standard InChI is InChI=1S/C14H17FN2S/c1-9(10-4-2-3-5-10)16-14-17-12-7-6-11(15)8-13(12)18-14/h6-10H,2-5H2,1H3,(H,16,17). The molecule has 2 nitrogen and oxygen atoms in total. The summed E-state index contributed by atoms with van der Waals surface area (Å²) < 4.78 is 14.0. The lowest BCUT2D eigenvalue weighted by Crippen LogP contribution is -2.23. The van der Waals surface area contributed by atoms with Crippen LogP contribution >= 0.6 is 11.3 Å². The van der Waals surface area contributed by atoms with Crippen molar-refractivity contribution in [2.24, 2.45) is 5.92 Å². The molecule has 1 unspecified atom stereocenters. The van der Waals surface area contributed by atoms with E-state index in [1.54, 1.807) is 12.1 Å². The van der Waals surface area contributed by atoms with E-state index in [0.29, 0.717) is 6.04 Å². The highest BCUT2D eigenvalue weighted by Crippen LogP contribution is 2.32. The van der Waals surface area contributed by atoms with Crippen LogP contribution in [0.1, 0.15) is 32.6 Å². The minimum atomic E-state index is -0.193. The molecule has 3 rings (SSSR count). The molecule has 0 spiro atoms. The van der Waals surface area contributed by atoms with Gasteiger partial charge in [-0.3, -0.25) is 0 Å². The Morgan fingerprint density at radius 2 is 2.17 bits per heavy atom. The molecule has 1 atom stereocenters. The molecule has 1 aliphatic carbocycles. The monoisotopic (exact) mass is 264 g/mol. The second kappa shape index (κ2) is 4.84. The molecule has 1 fully saturated rings. The van der Waals surface area contributed by atoms with Gasteiger partial charge >= 0.3 is 0 Å². The Hall–Kier alpha value is -1.16. The Labute approximate surface area is 110 Å². The maximum atomic E-state index is 13.1. The highest BCUT2D eigenvalue weighted by Gasteiger charge is 2.22. The van der Waals surface area contributed by atoms with Crippen LogP contribution in [0.3, 0.4) is 0 Å². The van der Waals surface area contributed by atoms with Gasteiger partial charge in [0.1, 0.15) is 5.82 Å². The third-order valence-corrected chi connectivity index (χ3v) is 4.76. The van der Waals surface area contributed by atoms with Gasteiger partial charge in [0.05, 0.1) is 10.2 Å². The third kappa shape index (κ3) is 2.34. The molecule has 0 amide bonds.